The minimum absolute atomic E-state index is 0.428. The lowest BCUT2D eigenvalue weighted by Crippen LogP contribution is -2.53. The van der Waals surface area contributed by atoms with Crippen molar-refractivity contribution in [3.05, 3.63) is 36.4 Å². The molecule has 1 N–H and O–H groups in total. The molecule has 0 unspecified atom stereocenters. The number of imidazole rings is 1. The number of aromatic nitrogens is 6. The Balaban J connectivity index is 1.20. The van der Waals surface area contributed by atoms with E-state index in [4.69, 9.17) is 9.72 Å². The molecule has 9 nitrogen and oxygen atoms in total. The van der Waals surface area contributed by atoms with Gasteiger partial charge in [0.2, 0.25) is 5.95 Å². The maximum Gasteiger partial charge on any atom is 0.241 e. The molecule has 0 amide bonds. The van der Waals surface area contributed by atoms with Gasteiger partial charge in [0, 0.05) is 44.0 Å². The van der Waals surface area contributed by atoms with Gasteiger partial charge in [0.05, 0.1) is 30.6 Å². The van der Waals surface area contributed by atoms with Gasteiger partial charge in [-0.05, 0) is 38.0 Å². The molecule has 5 heterocycles. The van der Waals surface area contributed by atoms with Gasteiger partial charge in [-0.15, -0.1) is 5.10 Å². The van der Waals surface area contributed by atoms with E-state index in [-0.39, 0.29) is 0 Å². The van der Waals surface area contributed by atoms with Crippen molar-refractivity contribution in [1.29, 1.82) is 0 Å². The van der Waals surface area contributed by atoms with E-state index >= 15 is 0 Å². The van der Waals surface area contributed by atoms with Crippen LogP contribution in [0.1, 0.15) is 18.7 Å². The number of rotatable bonds is 4. The minimum atomic E-state index is 0.428. The van der Waals surface area contributed by atoms with Crippen molar-refractivity contribution in [2.75, 3.05) is 31.6 Å². The van der Waals surface area contributed by atoms with Crippen molar-refractivity contribution in [3.8, 4) is 11.3 Å². The van der Waals surface area contributed by atoms with Crippen molar-refractivity contribution >= 4 is 22.6 Å². The minimum Gasteiger partial charge on any atom is -0.379 e. The fourth-order valence-electron chi connectivity index (χ4n) is 4.64. The van der Waals surface area contributed by atoms with E-state index < -0.39 is 0 Å². The van der Waals surface area contributed by atoms with Crippen LogP contribution in [0.4, 0.5) is 5.95 Å². The molecule has 0 aromatic carbocycles. The largest absolute Gasteiger partial charge is 0.379 e. The number of nitrogens with zero attached hydrogens (tertiary/aromatic N) is 7. The standard InChI is InChI=1S/C22H26N8O/c1-14-24-19-4-3-18(26-21(19)28(14)2)17-5-6-30-20(17)13-23-22(27-30)25-15-11-16(12-15)29-7-9-31-10-8-29/h3-6,13,15-16H,7-12H2,1-2H3,(H,25,27). The van der Waals surface area contributed by atoms with Crippen LogP contribution < -0.4 is 5.32 Å². The van der Waals surface area contributed by atoms with Gasteiger partial charge in [0.1, 0.15) is 11.3 Å². The van der Waals surface area contributed by atoms with E-state index in [0.29, 0.717) is 18.0 Å². The van der Waals surface area contributed by atoms with Crippen molar-refractivity contribution in [2.24, 2.45) is 7.05 Å². The van der Waals surface area contributed by atoms with Gasteiger partial charge in [-0.3, -0.25) is 4.90 Å². The predicted molar refractivity (Wildman–Crippen MR) is 118 cm³/mol. The quantitative estimate of drug-likeness (QED) is 0.544. The highest BCUT2D eigenvalue weighted by Gasteiger charge is 2.34. The summed E-state index contributed by atoms with van der Waals surface area (Å²) in [7, 11) is 1.99. The van der Waals surface area contributed by atoms with Gasteiger partial charge in [-0.25, -0.2) is 19.5 Å². The number of morpholine rings is 1. The molecule has 0 radical (unpaired) electrons. The molecule has 2 fully saturated rings. The molecule has 0 spiro atoms. The lowest BCUT2D eigenvalue weighted by atomic mass is 9.85. The van der Waals surface area contributed by atoms with Gasteiger partial charge in [-0.2, -0.15) is 0 Å². The molecule has 0 atom stereocenters. The predicted octanol–water partition coefficient (Wildman–Crippen LogP) is 2.26. The number of aryl methyl sites for hydroxylation is 2. The van der Waals surface area contributed by atoms with Crippen LogP contribution in [0.15, 0.2) is 30.6 Å². The van der Waals surface area contributed by atoms with Crippen molar-refractivity contribution in [1.82, 2.24) is 34.0 Å². The van der Waals surface area contributed by atoms with Crippen LogP contribution in [0.2, 0.25) is 0 Å². The molecule has 9 heteroatoms. The third-order valence-electron chi connectivity index (χ3n) is 6.64. The lowest BCUT2D eigenvalue weighted by Gasteiger charge is -2.44. The molecular weight excluding hydrogens is 392 g/mol. The van der Waals surface area contributed by atoms with Gasteiger partial charge >= 0.3 is 0 Å². The smallest absolute Gasteiger partial charge is 0.241 e. The lowest BCUT2D eigenvalue weighted by molar-refractivity contribution is -0.00443. The molecule has 6 rings (SSSR count). The molecule has 1 aliphatic carbocycles. The zero-order valence-corrected chi connectivity index (χ0v) is 17.8. The molecule has 2 aliphatic rings. The fraction of sp³-hybridized carbons (Fsp3) is 0.455. The first-order valence-electron chi connectivity index (χ1n) is 10.9. The summed E-state index contributed by atoms with van der Waals surface area (Å²) in [5.41, 5.74) is 4.65. The second-order valence-corrected chi connectivity index (χ2v) is 8.51. The number of pyridine rings is 1. The van der Waals surface area contributed by atoms with Gasteiger partial charge < -0.3 is 14.6 Å². The molecule has 1 aliphatic heterocycles. The second-order valence-electron chi connectivity index (χ2n) is 8.51. The molecule has 160 valence electrons. The summed E-state index contributed by atoms with van der Waals surface area (Å²) in [5.74, 6) is 1.62. The number of fused-ring (bicyclic) bond motifs is 2. The number of nitrogens with one attached hydrogen (secondary N) is 1. The van der Waals surface area contributed by atoms with Crippen LogP contribution in [0.5, 0.6) is 0 Å². The van der Waals surface area contributed by atoms with Crippen LogP contribution in [0, 0.1) is 6.92 Å². The van der Waals surface area contributed by atoms with Crippen LogP contribution in [-0.2, 0) is 11.8 Å². The maximum absolute atomic E-state index is 5.45. The summed E-state index contributed by atoms with van der Waals surface area (Å²) in [5, 5.41) is 8.18. The highest BCUT2D eigenvalue weighted by Crippen LogP contribution is 2.29. The number of hydrogen-bond donors (Lipinski definition) is 1. The first-order valence-corrected chi connectivity index (χ1v) is 10.9. The molecular formula is C22H26N8O. The molecule has 31 heavy (non-hydrogen) atoms. The Morgan fingerprint density at radius 3 is 2.77 bits per heavy atom. The first kappa shape index (κ1) is 18.7. The average molecular weight is 419 g/mol. The molecule has 4 aromatic heterocycles. The van der Waals surface area contributed by atoms with E-state index in [2.05, 4.69) is 25.3 Å². The number of hydrogen-bond acceptors (Lipinski definition) is 7. The molecule has 1 saturated carbocycles. The Bertz CT molecular complexity index is 1250. The third-order valence-corrected chi connectivity index (χ3v) is 6.64. The van der Waals surface area contributed by atoms with Crippen LogP contribution >= 0.6 is 0 Å². The summed E-state index contributed by atoms with van der Waals surface area (Å²) < 4.78 is 9.35. The summed E-state index contributed by atoms with van der Waals surface area (Å²) in [6.07, 6.45) is 6.11. The van der Waals surface area contributed by atoms with Crippen LogP contribution in [0.3, 0.4) is 0 Å². The normalized spacial score (nSPS) is 22.1. The summed E-state index contributed by atoms with van der Waals surface area (Å²) in [6.45, 7) is 5.79. The summed E-state index contributed by atoms with van der Waals surface area (Å²) in [4.78, 5) is 16.5. The van der Waals surface area contributed by atoms with Crippen molar-refractivity contribution in [3.63, 3.8) is 0 Å². The zero-order chi connectivity index (χ0) is 20.9. The summed E-state index contributed by atoms with van der Waals surface area (Å²) in [6, 6.07) is 7.16. The van der Waals surface area contributed by atoms with E-state index in [1.807, 2.05) is 53.6 Å². The second kappa shape index (κ2) is 7.28. The maximum atomic E-state index is 5.45. The monoisotopic (exact) mass is 418 g/mol. The van der Waals surface area contributed by atoms with E-state index in [1.54, 1.807) is 0 Å². The van der Waals surface area contributed by atoms with E-state index in [9.17, 15) is 0 Å². The first-order chi connectivity index (χ1) is 15.2. The zero-order valence-electron chi connectivity index (χ0n) is 17.8. The Kier molecular flexibility index (Phi) is 4.39. The summed E-state index contributed by atoms with van der Waals surface area (Å²) >= 11 is 0. The van der Waals surface area contributed by atoms with Gasteiger partial charge in [0.15, 0.2) is 5.65 Å². The number of ether oxygens (including phenoxy) is 1. The van der Waals surface area contributed by atoms with Gasteiger partial charge in [-0.1, -0.05) is 0 Å². The Morgan fingerprint density at radius 2 is 1.94 bits per heavy atom. The molecule has 0 bridgehead atoms. The van der Waals surface area contributed by atoms with Gasteiger partial charge in [0.25, 0.3) is 0 Å². The van der Waals surface area contributed by atoms with Crippen molar-refractivity contribution in [2.45, 2.75) is 31.8 Å². The number of anilines is 1. The van der Waals surface area contributed by atoms with Crippen LogP contribution in [0.25, 0.3) is 27.9 Å². The topological polar surface area (TPSA) is 85.4 Å². The van der Waals surface area contributed by atoms with E-state index in [0.717, 1.165) is 72.9 Å². The average Bonchev–Trinajstić information content (AvgIpc) is 3.31. The van der Waals surface area contributed by atoms with Crippen molar-refractivity contribution < 1.29 is 4.74 Å². The Morgan fingerprint density at radius 1 is 1.10 bits per heavy atom. The Labute approximate surface area is 180 Å². The van der Waals surface area contributed by atoms with Crippen LogP contribution in [-0.4, -0.2) is 72.4 Å². The third kappa shape index (κ3) is 3.24. The van der Waals surface area contributed by atoms with E-state index in [1.165, 1.54) is 0 Å². The molecule has 4 aromatic rings. The molecule has 1 saturated heterocycles. The Hall–Kier alpha value is -3.04. The highest BCUT2D eigenvalue weighted by molar-refractivity contribution is 5.82. The highest BCUT2D eigenvalue weighted by atomic mass is 16.5. The SMILES string of the molecule is Cc1nc2ccc(-c3ccn4nc(NC5CC(N6CCOCC6)C5)ncc34)nc2n1C. The fourth-order valence-corrected chi connectivity index (χ4v) is 4.64.